The number of allylic oxidation sites excluding steroid dienone is 12. The number of fused-ring (bicyclic) bond motifs is 1. The number of hydrogen-bond acceptors (Lipinski definition) is 0. The highest BCUT2D eigenvalue weighted by Gasteiger charge is 2.26. The summed E-state index contributed by atoms with van der Waals surface area (Å²) in [6.45, 7) is 0. The first-order chi connectivity index (χ1) is 14.9. The average Bonchev–Trinajstić information content (AvgIpc) is 3.31. The zero-order chi connectivity index (χ0) is 20.2. The molecule has 0 radical (unpaired) electrons. The van der Waals surface area contributed by atoms with Crippen molar-refractivity contribution in [2.75, 3.05) is 0 Å². The van der Waals surface area contributed by atoms with Crippen LogP contribution in [0.4, 0.5) is 0 Å². The maximum absolute atomic E-state index is 2.40. The highest BCUT2D eigenvalue weighted by molar-refractivity contribution is 5.60. The monoisotopic (exact) mass is 394 g/mol. The van der Waals surface area contributed by atoms with Crippen LogP contribution in [-0.4, -0.2) is 0 Å². The fraction of sp³-hybridized carbons (Fsp3) is 0.400. The lowest BCUT2D eigenvalue weighted by Crippen LogP contribution is -2.12. The molecule has 154 valence electrons. The van der Waals surface area contributed by atoms with Gasteiger partial charge in [0.15, 0.2) is 0 Å². The fourth-order valence-electron chi connectivity index (χ4n) is 5.60. The van der Waals surface area contributed by atoms with Gasteiger partial charge in [-0.15, -0.1) is 0 Å². The summed E-state index contributed by atoms with van der Waals surface area (Å²) in [6.07, 6.45) is 32.0. The maximum atomic E-state index is 2.40. The van der Waals surface area contributed by atoms with Crippen LogP contribution in [0.25, 0.3) is 0 Å². The van der Waals surface area contributed by atoms with Crippen LogP contribution in [-0.2, 0) is 12.8 Å². The van der Waals surface area contributed by atoms with Gasteiger partial charge in [-0.1, -0.05) is 105 Å². The van der Waals surface area contributed by atoms with E-state index in [1.807, 2.05) is 0 Å². The first kappa shape index (κ1) is 19.6. The molecule has 1 atom stereocenters. The Hall–Kier alpha value is -2.34. The van der Waals surface area contributed by atoms with E-state index in [1.165, 1.54) is 91.2 Å². The van der Waals surface area contributed by atoms with E-state index >= 15 is 0 Å². The lowest BCUT2D eigenvalue weighted by Gasteiger charge is -2.26. The smallest absolute Gasteiger partial charge is 0.0281 e. The Kier molecular flexibility index (Phi) is 6.02. The second kappa shape index (κ2) is 9.21. The Morgan fingerprint density at radius 1 is 0.800 bits per heavy atom. The van der Waals surface area contributed by atoms with E-state index in [1.54, 1.807) is 0 Å². The summed E-state index contributed by atoms with van der Waals surface area (Å²) >= 11 is 0. The van der Waals surface area contributed by atoms with Crippen molar-refractivity contribution in [3.63, 3.8) is 0 Å². The third kappa shape index (κ3) is 4.38. The maximum Gasteiger partial charge on any atom is 0.0281 e. The second-order valence-corrected chi connectivity index (χ2v) is 9.47. The Labute approximate surface area is 182 Å². The van der Waals surface area contributed by atoms with Gasteiger partial charge in [-0.2, -0.15) is 0 Å². The number of aryl methyl sites for hydroxylation is 1. The zero-order valence-corrected chi connectivity index (χ0v) is 18.2. The van der Waals surface area contributed by atoms with Gasteiger partial charge in [0.1, 0.15) is 0 Å². The topological polar surface area (TPSA) is 0 Å². The Bertz CT molecular complexity index is 936. The molecular weight excluding hydrogens is 360 g/mol. The van der Waals surface area contributed by atoms with Gasteiger partial charge in [0.2, 0.25) is 0 Å². The predicted octanol–water partition coefficient (Wildman–Crippen LogP) is 8.00. The van der Waals surface area contributed by atoms with Crippen molar-refractivity contribution >= 4 is 0 Å². The summed E-state index contributed by atoms with van der Waals surface area (Å²) in [4.78, 5) is 0. The molecule has 0 spiro atoms. The number of rotatable bonds is 6. The molecule has 5 rings (SSSR count). The molecule has 1 fully saturated rings. The van der Waals surface area contributed by atoms with Crippen molar-refractivity contribution in [3.8, 4) is 0 Å². The fourth-order valence-corrected chi connectivity index (χ4v) is 5.60. The van der Waals surface area contributed by atoms with Crippen LogP contribution in [0.2, 0.25) is 0 Å². The van der Waals surface area contributed by atoms with Crippen LogP contribution in [0, 0.1) is 11.8 Å². The van der Waals surface area contributed by atoms with Crippen molar-refractivity contribution < 1.29 is 0 Å². The summed E-state index contributed by atoms with van der Waals surface area (Å²) in [5, 5.41) is 0. The number of benzene rings is 1. The lowest BCUT2D eigenvalue weighted by molar-refractivity contribution is 0.339. The van der Waals surface area contributed by atoms with E-state index < -0.39 is 0 Å². The van der Waals surface area contributed by atoms with Gasteiger partial charge in [-0.05, 0) is 71.4 Å². The normalized spacial score (nSPS) is 23.5. The van der Waals surface area contributed by atoms with Crippen molar-refractivity contribution in [1.29, 1.82) is 0 Å². The lowest BCUT2D eigenvalue weighted by atomic mass is 9.78. The molecular formula is C30H34. The van der Waals surface area contributed by atoms with Crippen LogP contribution in [0.5, 0.6) is 0 Å². The van der Waals surface area contributed by atoms with Crippen LogP contribution in [0.15, 0.2) is 95.2 Å². The highest BCUT2D eigenvalue weighted by atomic mass is 14.3. The molecule has 4 aliphatic carbocycles. The Balaban J connectivity index is 1.25. The van der Waals surface area contributed by atoms with Gasteiger partial charge < -0.3 is 0 Å². The molecule has 0 bridgehead atoms. The molecule has 0 amide bonds. The summed E-state index contributed by atoms with van der Waals surface area (Å²) in [6, 6.07) is 9.47. The zero-order valence-electron chi connectivity index (χ0n) is 18.2. The van der Waals surface area contributed by atoms with Gasteiger partial charge in [0.25, 0.3) is 0 Å². The summed E-state index contributed by atoms with van der Waals surface area (Å²) in [7, 11) is 0. The van der Waals surface area contributed by atoms with E-state index in [9.17, 15) is 0 Å². The van der Waals surface area contributed by atoms with Gasteiger partial charge in [-0.25, -0.2) is 0 Å². The molecule has 0 heterocycles. The Morgan fingerprint density at radius 3 is 2.43 bits per heavy atom. The molecule has 1 aromatic rings. The first-order valence-electron chi connectivity index (χ1n) is 12.1. The molecule has 0 N–H and O–H groups in total. The van der Waals surface area contributed by atoms with E-state index in [2.05, 4.69) is 72.9 Å². The molecule has 30 heavy (non-hydrogen) atoms. The van der Waals surface area contributed by atoms with Gasteiger partial charge in [-0.3, -0.25) is 0 Å². The standard InChI is InChI=1S/C30H34/c1-3-8-23(9-4-1)14-15-24-16-18-25(19-17-24)22-27-20-21-29(26-10-5-2-6-11-26)30-13-7-12-28(27)30/h5,7,10-13,16-21,23,30H,1-4,6,8-9,14-15,22H2. The Morgan fingerprint density at radius 2 is 1.63 bits per heavy atom. The summed E-state index contributed by atoms with van der Waals surface area (Å²) in [5.74, 6) is 1.41. The van der Waals surface area contributed by atoms with Gasteiger partial charge in [0.05, 0.1) is 0 Å². The molecule has 4 aliphatic rings. The summed E-state index contributed by atoms with van der Waals surface area (Å²) < 4.78 is 0. The molecule has 1 unspecified atom stereocenters. The van der Waals surface area contributed by atoms with Crippen molar-refractivity contribution in [2.45, 2.75) is 64.2 Å². The molecule has 0 nitrogen and oxygen atoms in total. The van der Waals surface area contributed by atoms with Crippen molar-refractivity contribution in [3.05, 3.63) is 106 Å². The van der Waals surface area contributed by atoms with Gasteiger partial charge in [0, 0.05) is 5.92 Å². The van der Waals surface area contributed by atoms with Crippen LogP contribution >= 0.6 is 0 Å². The van der Waals surface area contributed by atoms with E-state index in [0.29, 0.717) is 5.92 Å². The predicted molar refractivity (Wildman–Crippen MR) is 128 cm³/mol. The molecule has 1 aromatic carbocycles. The largest absolute Gasteiger partial charge is 0.0836 e. The van der Waals surface area contributed by atoms with Crippen LogP contribution < -0.4 is 0 Å². The SMILES string of the molecule is C1=CC2C(C3=CCCC=C3)=CC=C(Cc3ccc(CCC4CCCCC4)cc3)C2=C1. The molecule has 0 aromatic heterocycles. The minimum absolute atomic E-state index is 0.439. The second-order valence-electron chi connectivity index (χ2n) is 9.47. The molecule has 0 saturated heterocycles. The van der Waals surface area contributed by atoms with Crippen LogP contribution in [0.3, 0.4) is 0 Å². The minimum atomic E-state index is 0.439. The average molecular weight is 395 g/mol. The van der Waals surface area contributed by atoms with E-state index in [-0.39, 0.29) is 0 Å². The van der Waals surface area contributed by atoms with Crippen molar-refractivity contribution in [2.24, 2.45) is 11.8 Å². The third-order valence-electron chi connectivity index (χ3n) is 7.40. The summed E-state index contributed by atoms with van der Waals surface area (Å²) in [5.41, 5.74) is 8.80. The van der Waals surface area contributed by atoms with E-state index in [0.717, 1.165) is 12.3 Å². The minimum Gasteiger partial charge on any atom is -0.0836 e. The van der Waals surface area contributed by atoms with Gasteiger partial charge >= 0.3 is 0 Å². The highest BCUT2D eigenvalue weighted by Crippen LogP contribution is 2.40. The van der Waals surface area contributed by atoms with E-state index in [4.69, 9.17) is 0 Å². The van der Waals surface area contributed by atoms with Crippen LogP contribution in [0.1, 0.15) is 62.5 Å². The molecule has 0 aliphatic heterocycles. The molecule has 0 heteroatoms. The quantitative estimate of drug-likeness (QED) is 0.458. The molecule has 1 saturated carbocycles. The first-order valence-corrected chi connectivity index (χ1v) is 12.1. The third-order valence-corrected chi connectivity index (χ3v) is 7.40. The number of hydrogen-bond donors (Lipinski definition) is 0. The van der Waals surface area contributed by atoms with Crippen molar-refractivity contribution in [1.82, 2.24) is 0 Å².